The van der Waals surface area contributed by atoms with Gasteiger partial charge in [-0.3, -0.25) is 9.69 Å². The number of aromatic amines is 1. The highest BCUT2D eigenvalue weighted by Crippen LogP contribution is 2.15. The molecule has 8 heteroatoms. The summed E-state index contributed by atoms with van der Waals surface area (Å²) in [4.78, 5) is 20.0. The third-order valence-electron chi connectivity index (χ3n) is 5.51. The van der Waals surface area contributed by atoms with E-state index in [2.05, 4.69) is 26.7 Å². The minimum atomic E-state index is -0.589. The summed E-state index contributed by atoms with van der Waals surface area (Å²) in [5, 5.41) is 9.77. The normalized spacial score (nSPS) is 10.9. The SMILES string of the molecule is COCCN(CCOC)Cc1ccc(C#Cc2ccc(CCc3nc[nH]c(=O)c3O)cc2F)cc1. The van der Waals surface area contributed by atoms with Gasteiger partial charge in [-0.1, -0.05) is 30.0 Å². The number of nitrogens with zero attached hydrogens (tertiary/aromatic N) is 2. The molecule has 0 amide bonds. The van der Waals surface area contributed by atoms with Gasteiger partial charge in [0, 0.05) is 39.4 Å². The zero-order valence-corrected chi connectivity index (χ0v) is 20.0. The van der Waals surface area contributed by atoms with Gasteiger partial charge < -0.3 is 19.6 Å². The van der Waals surface area contributed by atoms with Gasteiger partial charge in [0.25, 0.3) is 5.56 Å². The second kappa shape index (κ2) is 13.4. The summed E-state index contributed by atoms with van der Waals surface area (Å²) in [6.07, 6.45) is 1.99. The number of aromatic nitrogens is 2. The fraction of sp³-hybridized carbons (Fsp3) is 0.333. The zero-order chi connectivity index (χ0) is 25.0. The second-order valence-corrected chi connectivity index (χ2v) is 8.05. The predicted octanol–water partition coefficient (Wildman–Crippen LogP) is 2.89. The van der Waals surface area contributed by atoms with E-state index in [-0.39, 0.29) is 5.69 Å². The minimum absolute atomic E-state index is 0.280. The summed E-state index contributed by atoms with van der Waals surface area (Å²) in [6, 6.07) is 12.8. The summed E-state index contributed by atoms with van der Waals surface area (Å²) >= 11 is 0. The number of methoxy groups -OCH3 is 2. The Morgan fingerprint density at radius 3 is 2.34 bits per heavy atom. The molecule has 1 heterocycles. The highest BCUT2D eigenvalue weighted by molar-refractivity contribution is 5.45. The Hall–Kier alpha value is -3.51. The molecule has 2 N–H and O–H groups in total. The average molecular weight is 480 g/mol. The van der Waals surface area contributed by atoms with Crippen LogP contribution in [0.4, 0.5) is 4.39 Å². The van der Waals surface area contributed by atoms with Gasteiger partial charge in [-0.25, -0.2) is 9.37 Å². The van der Waals surface area contributed by atoms with Crippen molar-refractivity contribution in [2.24, 2.45) is 0 Å². The summed E-state index contributed by atoms with van der Waals surface area (Å²) in [7, 11) is 3.38. The molecular weight excluding hydrogens is 449 g/mol. The first kappa shape index (κ1) is 26.1. The molecule has 0 saturated carbocycles. The van der Waals surface area contributed by atoms with Crippen molar-refractivity contribution in [1.82, 2.24) is 14.9 Å². The largest absolute Gasteiger partial charge is 0.502 e. The molecule has 3 aromatic rings. The summed E-state index contributed by atoms with van der Waals surface area (Å²) < 4.78 is 25.0. The van der Waals surface area contributed by atoms with Crippen molar-refractivity contribution in [2.75, 3.05) is 40.5 Å². The number of rotatable bonds is 11. The number of halogens is 1. The van der Waals surface area contributed by atoms with Gasteiger partial charge in [0.1, 0.15) is 5.82 Å². The Morgan fingerprint density at radius 2 is 1.69 bits per heavy atom. The molecule has 2 aromatic carbocycles. The Balaban J connectivity index is 1.61. The molecule has 0 aliphatic heterocycles. The third kappa shape index (κ3) is 8.04. The van der Waals surface area contributed by atoms with E-state index >= 15 is 0 Å². The molecule has 0 spiro atoms. The molecule has 0 aliphatic rings. The molecule has 1 aromatic heterocycles. The van der Waals surface area contributed by atoms with Gasteiger partial charge >= 0.3 is 0 Å². The number of aromatic hydroxyl groups is 1. The maximum absolute atomic E-state index is 14.6. The zero-order valence-electron chi connectivity index (χ0n) is 20.0. The Labute approximate surface area is 204 Å². The lowest BCUT2D eigenvalue weighted by molar-refractivity contribution is 0.110. The van der Waals surface area contributed by atoms with Crippen LogP contribution in [-0.4, -0.2) is 60.5 Å². The van der Waals surface area contributed by atoms with Crippen molar-refractivity contribution < 1.29 is 19.0 Å². The Bertz CT molecular complexity index is 1210. The smallest absolute Gasteiger partial charge is 0.293 e. The molecular formula is C27H30FN3O4. The first-order valence-corrected chi connectivity index (χ1v) is 11.3. The van der Waals surface area contributed by atoms with E-state index in [4.69, 9.17) is 9.47 Å². The van der Waals surface area contributed by atoms with Crippen molar-refractivity contribution in [1.29, 1.82) is 0 Å². The first-order valence-electron chi connectivity index (χ1n) is 11.3. The number of nitrogens with one attached hydrogen (secondary N) is 1. The van der Waals surface area contributed by atoms with Crippen LogP contribution in [0.15, 0.2) is 53.6 Å². The molecule has 3 rings (SSSR count). The quantitative estimate of drug-likeness (QED) is 0.411. The molecule has 0 radical (unpaired) electrons. The number of H-pyrrole nitrogens is 1. The monoisotopic (exact) mass is 479 g/mol. The van der Waals surface area contributed by atoms with Crippen molar-refractivity contribution >= 4 is 0 Å². The fourth-order valence-electron chi connectivity index (χ4n) is 3.49. The standard InChI is InChI=1S/C27H30FN3O4/c1-34-15-13-31(14-16-35-2)18-22-5-3-20(4-6-22)7-10-23-11-8-21(17-24(23)28)9-12-25-26(32)27(33)30-19-29-25/h3-6,8,11,17,19,32H,9,12-16,18H2,1-2H3,(H,29,30,33). The predicted molar refractivity (Wildman–Crippen MR) is 132 cm³/mol. The molecule has 0 fully saturated rings. The number of ether oxygens (including phenoxy) is 2. The highest BCUT2D eigenvalue weighted by atomic mass is 19.1. The molecule has 0 aliphatic carbocycles. The van der Waals surface area contributed by atoms with Crippen LogP contribution >= 0.6 is 0 Å². The molecule has 0 unspecified atom stereocenters. The minimum Gasteiger partial charge on any atom is -0.502 e. The van der Waals surface area contributed by atoms with Crippen molar-refractivity contribution in [3.05, 3.63) is 92.9 Å². The van der Waals surface area contributed by atoms with Gasteiger partial charge in [0.2, 0.25) is 5.75 Å². The average Bonchev–Trinajstić information content (AvgIpc) is 2.86. The first-order chi connectivity index (χ1) is 17.0. The lowest BCUT2D eigenvalue weighted by Gasteiger charge is -2.21. The van der Waals surface area contributed by atoms with Crippen LogP contribution in [0.2, 0.25) is 0 Å². The topological polar surface area (TPSA) is 87.7 Å². The maximum Gasteiger partial charge on any atom is 0.293 e. The van der Waals surface area contributed by atoms with Crippen LogP contribution in [0.3, 0.4) is 0 Å². The lowest BCUT2D eigenvalue weighted by atomic mass is 10.0. The van der Waals surface area contributed by atoms with E-state index < -0.39 is 17.1 Å². The molecule has 184 valence electrons. The van der Waals surface area contributed by atoms with Gasteiger partial charge in [-0.05, 0) is 48.2 Å². The summed E-state index contributed by atoms with van der Waals surface area (Å²) in [6.45, 7) is 3.73. The van der Waals surface area contributed by atoms with Crippen LogP contribution in [0, 0.1) is 17.7 Å². The van der Waals surface area contributed by atoms with Crippen LogP contribution in [0.25, 0.3) is 0 Å². The van der Waals surface area contributed by atoms with E-state index in [0.29, 0.717) is 31.6 Å². The number of hydrogen-bond donors (Lipinski definition) is 2. The number of benzene rings is 2. The second-order valence-electron chi connectivity index (χ2n) is 8.05. The van der Waals surface area contributed by atoms with Crippen LogP contribution in [-0.2, 0) is 28.9 Å². The summed E-state index contributed by atoms with van der Waals surface area (Å²) in [5.74, 6) is 5.09. The van der Waals surface area contributed by atoms with Crippen molar-refractivity contribution in [3.8, 4) is 17.6 Å². The van der Waals surface area contributed by atoms with E-state index in [1.807, 2.05) is 24.3 Å². The molecule has 0 saturated heterocycles. The van der Waals surface area contributed by atoms with Crippen LogP contribution in [0.1, 0.15) is 27.9 Å². The fourth-order valence-corrected chi connectivity index (χ4v) is 3.49. The van der Waals surface area contributed by atoms with Gasteiger partial charge in [-0.2, -0.15) is 0 Å². The lowest BCUT2D eigenvalue weighted by Crippen LogP contribution is -2.30. The van der Waals surface area contributed by atoms with Crippen molar-refractivity contribution in [2.45, 2.75) is 19.4 Å². The van der Waals surface area contributed by atoms with Gasteiger partial charge in [-0.15, -0.1) is 0 Å². The van der Waals surface area contributed by atoms with E-state index in [1.54, 1.807) is 26.4 Å². The van der Waals surface area contributed by atoms with Gasteiger partial charge in [0.05, 0.1) is 30.8 Å². The van der Waals surface area contributed by atoms with Crippen LogP contribution < -0.4 is 5.56 Å². The number of hydrogen-bond acceptors (Lipinski definition) is 6. The van der Waals surface area contributed by atoms with E-state index in [1.165, 1.54) is 12.4 Å². The van der Waals surface area contributed by atoms with E-state index in [9.17, 15) is 14.3 Å². The molecule has 7 nitrogen and oxygen atoms in total. The molecule has 0 bridgehead atoms. The van der Waals surface area contributed by atoms with E-state index in [0.717, 1.165) is 36.3 Å². The Morgan fingerprint density at radius 1 is 1.00 bits per heavy atom. The summed E-state index contributed by atoms with van der Waals surface area (Å²) in [5.41, 5.74) is 2.68. The van der Waals surface area contributed by atoms with Crippen molar-refractivity contribution in [3.63, 3.8) is 0 Å². The Kier molecular flexibility index (Phi) is 9.99. The van der Waals surface area contributed by atoms with Crippen LogP contribution in [0.5, 0.6) is 5.75 Å². The van der Waals surface area contributed by atoms with Gasteiger partial charge in [0.15, 0.2) is 0 Å². The maximum atomic E-state index is 14.6. The number of aryl methyl sites for hydroxylation is 2. The molecule has 0 atom stereocenters. The molecule has 35 heavy (non-hydrogen) atoms. The highest BCUT2D eigenvalue weighted by Gasteiger charge is 2.09. The third-order valence-corrected chi connectivity index (χ3v) is 5.51.